The molecule has 0 saturated carbocycles. The molecule has 1 nitrogen and oxygen atoms in total. The summed E-state index contributed by atoms with van der Waals surface area (Å²) in [6, 6.07) is 43.4. The van der Waals surface area contributed by atoms with Crippen molar-refractivity contribution in [1.82, 2.24) is 0 Å². The van der Waals surface area contributed by atoms with Gasteiger partial charge < -0.3 is 4.79 Å². The Morgan fingerprint density at radius 3 is 1.40 bits per heavy atom. The first-order valence-electron chi connectivity index (χ1n) is 9.26. The zero-order valence-electron chi connectivity index (χ0n) is 16.3. The maximum atomic E-state index is 11.7. The number of ketones is 1. The Labute approximate surface area is 199 Å². The molecule has 5 rings (SSSR count). The fourth-order valence-corrected chi connectivity index (χ4v) is 2.74. The van der Waals surface area contributed by atoms with Crippen molar-refractivity contribution in [1.29, 1.82) is 0 Å². The van der Waals surface area contributed by atoms with Gasteiger partial charge in [-0.1, -0.05) is 41.5 Å². The van der Waals surface area contributed by atoms with E-state index in [9.17, 15) is 4.79 Å². The zero-order chi connectivity index (χ0) is 19.4. The third-order valence-corrected chi connectivity index (χ3v) is 4.18. The molecule has 0 N–H and O–H groups in total. The molecule has 156 valence electrons. The fourth-order valence-electron chi connectivity index (χ4n) is 2.74. The summed E-state index contributed by atoms with van der Waals surface area (Å²) in [7, 11) is 0. The van der Waals surface area contributed by atoms with Crippen LogP contribution in [0.25, 0.3) is 11.1 Å². The van der Waals surface area contributed by atoms with Crippen LogP contribution >= 0.6 is 0 Å². The van der Waals surface area contributed by atoms with Crippen LogP contribution in [0, 0.1) is 0 Å². The van der Waals surface area contributed by atoms with Crippen LogP contribution in [0.3, 0.4) is 0 Å². The number of benzene rings is 1. The molecule has 0 radical (unpaired) electrons. The van der Waals surface area contributed by atoms with E-state index in [0.29, 0.717) is 0 Å². The van der Waals surface area contributed by atoms with Crippen molar-refractivity contribution in [2.75, 3.05) is 0 Å². The van der Waals surface area contributed by atoms with Crippen LogP contribution in [0.2, 0.25) is 0 Å². The van der Waals surface area contributed by atoms with Crippen molar-refractivity contribution in [3.63, 3.8) is 0 Å². The maximum Gasteiger partial charge on any atom is 0.112 e. The quantitative estimate of drug-likeness (QED) is 0.159. The van der Waals surface area contributed by atoms with Crippen molar-refractivity contribution >= 4 is 5.78 Å². The smallest absolute Gasteiger partial charge is 0.112 e. The molecule has 0 atom stereocenters. The predicted molar refractivity (Wildman–Crippen MR) is 117 cm³/mol. The minimum atomic E-state index is 0. The molecular formula is C27H22Fe2O-4. The second-order valence-corrected chi connectivity index (χ2v) is 6.18. The standard InChI is InChI=1S/C12H9O.C10H8.C5H5.2Fe/c13-12(11-8-4-5-9-11)10-6-2-1-3-7-10;1-2-6-9(5-1)10-7-3-4-8-10;1-2-4-5-3-1;;/h1-9H;1-8H;1-5H;;/q-1;-2;-1;;. The normalized spacial score (nSPS) is 8.93. The van der Waals surface area contributed by atoms with Gasteiger partial charge in [0.1, 0.15) is 5.78 Å². The Kier molecular flexibility index (Phi) is 12.1. The molecule has 0 saturated heterocycles. The summed E-state index contributed by atoms with van der Waals surface area (Å²) < 4.78 is 0. The van der Waals surface area contributed by atoms with E-state index >= 15 is 0 Å². The third kappa shape index (κ3) is 7.99. The van der Waals surface area contributed by atoms with E-state index < -0.39 is 0 Å². The Balaban J connectivity index is 0.000000236. The molecule has 0 aliphatic rings. The van der Waals surface area contributed by atoms with Crippen molar-refractivity contribution in [3.05, 3.63) is 145 Å². The van der Waals surface area contributed by atoms with E-state index in [-0.39, 0.29) is 39.9 Å². The largest absolute Gasteiger partial charge is 0.311 e. The molecule has 30 heavy (non-hydrogen) atoms. The molecule has 3 heteroatoms. The van der Waals surface area contributed by atoms with Crippen LogP contribution in [0.4, 0.5) is 0 Å². The number of carbonyl (C=O) groups is 1. The van der Waals surface area contributed by atoms with Crippen LogP contribution < -0.4 is 0 Å². The monoisotopic (exact) mass is 474 g/mol. The van der Waals surface area contributed by atoms with Crippen molar-refractivity contribution in [3.8, 4) is 11.1 Å². The van der Waals surface area contributed by atoms with E-state index in [1.165, 1.54) is 11.1 Å². The number of carbonyl (C=O) groups excluding carboxylic acids is 1. The Morgan fingerprint density at radius 1 is 0.567 bits per heavy atom. The van der Waals surface area contributed by atoms with Crippen LogP contribution in [-0.2, 0) is 34.1 Å². The number of hydrogen-bond acceptors (Lipinski definition) is 1. The van der Waals surface area contributed by atoms with E-state index in [1.807, 2.05) is 84.9 Å². The molecule has 0 heterocycles. The summed E-state index contributed by atoms with van der Waals surface area (Å²) in [5.74, 6) is 0.0885. The first-order valence-corrected chi connectivity index (χ1v) is 9.26. The molecule has 5 aromatic carbocycles. The van der Waals surface area contributed by atoms with Crippen LogP contribution in [0.1, 0.15) is 15.9 Å². The SMILES string of the molecule is O=C(c1ccccc1)[c-]1cccc1.[Fe].[Fe].c1cc[c-](-[c-]2cccc2)c1.c1cc[cH-]c1. The molecular weight excluding hydrogens is 452 g/mol. The van der Waals surface area contributed by atoms with E-state index in [4.69, 9.17) is 0 Å². The van der Waals surface area contributed by atoms with E-state index in [2.05, 4.69) is 48.5 Å². The van der Waals surface area contributed by atoms with Gasteiger partial charge in [0.2, 0.25) is 0 Å². The van der Waals surface area contributed by atoms with Crippen LogP contribution in [0.5, 0.6) is 0 Å². The second kappa shape index (κ2) is 14.3. The molecule has 0 aromatic heterocycles. The van der Waals surface area contributed by atoms with E-state index in [0.717, 1.165) is 11.1 Å². The van der Waals surface area contributed by atoms with Gasteiger partial charge in [-0.05, 0) is 0 Å². The third-order valence-electron chi connectivity index (χ3n) is 4.18. The van der Waals surface area contributed by atoms with Crippen molar-refractivity contribution in [2.45, 2.75) is 0 Å². The molecule has 0 unspecified atom stereocenters. The van der Waals surface area contributed by atoms with Gasteiger partial charge in [-0.2, -0.15) is 90.0 Å². The molecule has 0 amide bonds. The number of hydrogen-bond donors (Lipinski definition) is 0. The topological polar surface area (TPSA) is 17.1 Å². The summed E-state index contributed by atoms with van der Waals surface area (Å²) in [5, 5.41) is 0. The Bertz CT molecular complexity index is 943. The molecule has 0 bridgehead atoms. The Morgan fingerprint density at radius 2 is 1.00 bits per heavy atom. The van der Waals surface area contributed by atoms with Crippen molar-refractivity contribution in [2.24, 2.45) is 0 Å². The molecule has 0 spiro atoms. The molecule has 5 aromatic rings. The average molecular weight is 474 g/mol. The van der Waals surface area contributed by atoms with Crippen molar-refractivity contribution < 1.29 is 38.9 Å². The van der Waals surface area contributed by atoms with Gasteiger partial charge in [-0.25, -0.2) is 12.1 Å². The van der Waals surface area contributed by atoms with Gasteiger partial charge in [0.25, 0.3) is 0 Å². The first kappa shape index (κ1) is 25.4. The summed E-state index contributed by atoms with van der Waals surface area (Å²) in [4.78, 5) is 11.7. The summed E-state index contributed by atoms with van der Waals surface area (Å²) in [6.07, 6.45) is 0. The van der Waals surface area contributed by atoms with Crippen LogP contribution in [0.15, 0.2) is 133 Å². The minimum absolute atomic E-state index is 0. The number of rotatable bonds is 3. The van der Waals surface area contributed by atoms with Gasteiger partial charge in [-0.3, -0.25) is 0 Å². The summed E-state index contributed by atoms with van der Waals surface area (Å²) in [5.41, 5.74) is 4.12. The zero-order valence-corrected chi connectivity index (χ0v) is 18.5. The predicted octanol–water partition coefficient (Wildman–Crippen LogP) is 6.83. The molecule has 0 aliphatic carbocycles. The first-order chi connectivity index (χ1) is 13.8. The maximum absolute atomic E-state index is 11.7. The molecule has 0 aliphatic heterocycles. The van der Waals surface area contributed by atoms with Gasteiger partial charge in [0, 0.05) is 34.1 Å². The van der Waals surface area contributed by atoms with E-state index in [1.54, 1.807) is 0 Å². The van der Waals surface area contributed by atoms with Gasteiger partial charge in [0.05, 0.1) is 0 Å². The van der Waals surface area contributed by atoms with Gasteiger partial charge >= 0.3 is 0 Å². The average Bonchev–Trinajstić information content (AvgIpc) is 3.57. The van der Waals surface area contributed by atoms with Gasteiger partial charge in [0.15, 0.2) is 0 Å². The Hall–Kier alpha value is -2.67. The minimum Gasteiger partial charge on any atom is -0.311 e. The molecule has 0 fully saturated rings. The summed E-state index contributed by atoms with van der Waals surface area (Å²) >= 11 is 0. The second-order valence-electron chi connectivity index (χ2n) is 6.18. The van der Waals surface area contributed by atoms with Crippen LogP contribution in [-0.4, -0.2) is 5.78 Å². The van der Waals surface area contributed by atoms with Gasteiger partial charge in [-0.15, -0.1) is 12.1 Å². The fraction of sp³-hybridized carbons (Fsp3) is 0. The summed E-state index contributed by atoms with van der Waals surface area (Å²) in [6.45, 7) is 0.